The summed E-state index contributed by atoms with van der Waals surface area (Å²) in [5.41, 5.74) is 5.72. The van der Waals surface area contributed by atoms with E-state index in [0.717, 1.165) is 34.1 Å². The second kappa shape index (κ2) is 7.37. The van der Waals surface area contributed by atoms with Crippen LogP contribution in [0.5, 0.6) is 5.75 Å². The van der Waals surface area contributed by atoms with Crippen molar-refractivity contribution in [3.63, 3.8) is 0 Å². The molecule has 1 heterocycles. The smallest absolute Gasteiger partial charge is 0.229 e. The molecule has 4 nitrogen and oxygen atoms in total. The molecular formula is C23H20FNO3S. The number of hydrogen-bond donors (Lipinski definition) is 1. The Kier molecular flexibility index (Phi) is 4.88. The highest BCUT2D eigenvalue weighted by Crippen LogP contribution is 2.41. The molecule has 29 heavy (non-hydrogen) atoms. The standard InChI is InChI=1S/C23H20FNO3S/c1-15(16-7-5-8-19(12-16)25-29(2,26)27)23-20-9-4-3-6-17(20)14-28-22-11-10-18(24)13-21(22)23/h3-13,25H,14H2,1-2H3. The Morgan fingerprint density at radius 2 is 1.79 bits per heavy atom. The van der Waals surface area contributed by atoms with Crippen LogP contribution < -0.4 is 9.46 Å². The van der Waals surface area contributed by atoms with Gasteiger partial charge in [0.2, 0.25) is 10.0 Å². The summed E-state index contributed by atoms with van der Waals surface area (Å²) < 4.78 is 45.8. The molecule has 0 unspecified atom stereocenters. The maximum atomic E-state index is 14.1. The van der Waals surface area contributed by atoms with Gasteiger partial charge in [0, 0.05) is 11.3 Å². The van der Waals surface area contributed by atoms with Crippen molar-refractivity contribution in [2.75, 3.05) is 11.0 Å². The van der Waals surface area contributed by atoms with Crippen molar-refractivity contribution in [2.24, 2.45) is 0 Å². The summed E-state index contributed by atoms with van der Waals surface area (Å²) in [6.07, 6.45) is 1.11. The Morgan fingerprint density at radius 3 is 2.59 bits per heavy atom. The highest BCUT2D eigenvalue weighted by Gasteiger charge is 2.22. The van der Waals surface area contributed by atoms with Crippen molar-refractivity contribution >= 4 is 26.9 Å². The highest BCUT2D eigenvalue weighted by molar-refractivity contribution is 7.92. The summed E-state index contributed by atoms with van der Waals surface area (Å²) in [6, 6.07) is 19.6. The van der Waals surface area contributed by atoms with Crippen molar-refractivity contribution in [2.45, 2.75) is 13.5 Å². The molecule has 148 valence electrons. The Hall–Kier alpha value is -3.12. The number of rotatable bonds is 3. The summed E-state index contributed by atoms with van der Waals surface area (Å²) in [5.74, 6) is 0.270. The number of anilines is 1. The van der Waals surface area contributed by atoms with Crippen LogP contribution in [0.15, 0.2) is 66.7 Å². The molecule has 0 bridgehead atoms. The van der Waals surface area contributed by atoms with Crippen molar-refractivity contribution in [3.05, 3.63) is 94.8 Å². The van der Waals surface area contributed by atoms with Crippen LogP contribution in [0.2, 0.25) is 0 Å². The van der Waals surface area contributed by atoms with Crippen molar-refractivity contribution in [3.8, 4) is 5.75 Å². The van der Waals surface area contributed by atoms with Crippen molar-refractivity contribution in [1.82, 2.24) is 0 Å². The number of allylic oxidation sites excluding steroid dienone is 1. The molecule has 0 aromatic heterocycles. The molecule has 3 aromatic carbocycles. The summed E-state index contributed by atoms with van der Waals surface area (Å²) >= 11 is 0. The van der Waals surface area contributed by atoms with Crippen LogP contribution >= 0.6 is 0 Å². The fourth-order valence-corrected chi connectivity index (χ4v) is 4.15. The van der Waals surface area contributed by atoms with Gasteiger partial charge in [0.1, 0.15) is 18.2 Å². The number of hydrogen-bond acceptors (Lipinski definition) is 3. The van der Waals surface area contributed by atoms with E-state index in [2.05, 4.69) is 4.72 Å². The predicted octanol–water partition coefficient (Wildman–Crippen LogP) is 5.07. The molecule has 3 aromatic rings. The first kappa shape index (κ1) is 19.2. The molecule has 0 radical (unpaired) electrons. The number of nitrogens with one attached hydrogen (secondary N) is 1. The van der Waals surface area contributed by atoms with E-state index in [4.69, 9.17) is 4.74 Å². The van der Waals surface area contributed by atoms with Gasteiger partial charge in [-0.2, -0.15) is 0 Å². The van der Waals surface area contributed by atoms with Gasteiger partial charge >= 0.3 is 0 Å². The normalized spacial score (nSPS) is 14.9. The number of benzene rings is 3. The first-order chi connectivity index (χ1) is 13.8. The van der Waals surface area contributed by atoms with Crippen molar-refractivity contribution < 1.29 is 17.5 Å². The molecular weight excluding hydrogens is 389 g/mol. The van der Waals surface area contributed by atoms with E-state index in [1.165, 1.54) is 12.1 Å². The summed E-state index contributed by atoms with van der Waals surface area (Å²) in [7, 11) is -3.39. The van der Waals surface area contributed by atoms with Crippen LogP contribution in [0.25, 0.3) is 11.1 Å². The van der Waals surface area contributed by atoms with E-state index in [0.29, 0.717) is 23.6 Å². The highest BCUT2D eigenvalue weighted by atomic mass is 32.2. The third kappa shape index (κ3) is 4.03. The van der Waals surface area contributed by atoms with Gasteiger partial charge in [0.25, 0.3) is 0 Å². The number of ether oxygens (including phenoxy) is 1. The molecule has 0 spiro atoms. The maximum absolute atomic E-state index is 14.1. The monoisotopic (exact) mass is 409 g/mol. The topological polar surface area (TPSA) is 55.4 Å². The molecule has 0 saturated carbocycles. The van der Waals surface area contributed by atoms with Crippen molar-refractivity contribution in [1.29, 1.82) is 0 Å². The lowest BCUT2D eigenvalue weighted by Gasteiger charge is -2.16. The van der Waals surface area contributed by atoms with Crippen LogP contribution in [0, 0.1) is 5.82 Å². The quantitative estimate of drug-likeness (QED) is 0.657. The van der Waals surface area contributed by atoms with E-state index in [9.17, 15) is 12.8 Å². The zero-order chi connectivity index (χ0) is 20.6. The lowest BCUT2D eigenvalue weighted by atomic mass is 9.88. The average Bonchev–Trinajstić information content (AvgIpc) is 2.83. The molecule has 1 N–H and O–H groups in total. The molecule has 0 atom stereocenters. The first-order valence-electron chi connectivity index (χ1n) is 9.12. The summed E-state index contributed by atoms with van der Waals surface area (Å²) in [4.78, 5) is 0. The number of sulfonamides is 1. The lowest BCUT2D eigenvalue weighted by molar-refractivity contribution is 0.307. The molecule has 0 fully saturated rings. The molecule has 6 heteroatoms. The first-order valence-corrected chi connectivity index (χ1v) is 11.0. The minimum atomic E-state index is -3.39. The Labute approximate surface area is 169 Å². The Morgan fingerprint density at radius 1 is 1.00 bits per heavy atom. The summed E-state index contributed by atoms with van der Waals surface area (Å²) in [5, 5.41) is 0. The van der Waals surface area contributed by atoms with Gasteiger partial charge in [0.05, 0.1) is 6.26 Å². The van der Waals surface area contributed by atoms with Crippen LogP contribution in [-0.4, -0.2) is 14.7 Å². The second-order valence-corrected chi connectivity index (χ2v) is 8.79. The van der Waals surface area contributed by atoms with Crippen LogP contribution in [0.3, 0.4) is 0 Å². The van der Waals surface area contributed by atoms with Gasteiger partial charge in [0.15, 0.2) is 0 Å². The van der Waals surface area contributed by atoms with Gasteiger partial charge in [-0.3, -0.25) is 4.72 Å². The van der Waals surface area contributed by atoms with Gasteiger partial charge in [-0.25, -0.2) is 12.8 Å². The molecule has 0 amide bonds. The van der Waals surface area contributed by atoms with E-state index in [1.807, 2.05) is 37.3 Å². The van der Waals surface area contributed by atoms with E-state index >= 15 is 0 Å². The third-order valence-corrected chi connectivity index (χ3v) is 5.46. The van der Waals surface area contributed by atoms with Crippen LogP contribution in [0.1, 0.15) is 29.2 Å². The minimum Gasteiger partial charge on any atom is -0.488 e. The molecule has 0 aliphatic carbocycles. The SMILES string of the molecule is CC(=C1c2ccccc2COc2ccc(F)cc21)c1cccc(NS(C)(=O)=O)c1. The van der Waals surface area contributed by atoms with E-state index in [-0.39, 0.29) is 5.82 Å². The van der Waals surface area contributed by atoms with Gasteiger partial charge in [-0.05, 0) is 65.1 Å². The van der Waals surface area contributed by atoms with Crippen LogP contribution in [0.4, 0.5) is 10.1 Å². The lowest BCUT2D eigenvalue weighted by Crippen LogP contribution is -2.09. The fraction of sp³-hybridized carbons (Fsp3) is 0.130. The fourth-order valence-electron chi connectivity index (χ4n) is 3.59. The molecule has 0 saturated heterocycles. The van der Waals surface area contributed by atoms with E-state index in [1.54, 1.807) is 24.3 Å². The second-order valence-electron chi connectivity index (χ2n) is 7.04. The largest absolute Gasteiger partial charge is 0.488 e. The Balaban J connectivity index is 1.96. The zero-order valence-electron chi connectivity index (χ0n) is 16.1. The number of halogens is 1. The van der Waals surface area contributed by atoms with Gasteiger partial charge in [-0.15, -0.1) is 0 Å². The minimum absolute atomic E-state index is 0.343. The van der Waals surface area contributed by atoms with Crippen LogP contribution in [-0.2, 0) is 16.6 Å². The average molecular weight is 409 g/mol. The summed E-state index contributed by atoms with van der Waals surface area (Å²) in [6.45, 7) is 2.34. The zero-order valence-corrected chi connectivity index (χ0v) is 16.9. The third-order valence-electron chi connectivity index (χ3n) is 4.85. The van der Waals surface area contributed by atoms with E-state index < -0.39 is 10.0 Å². The molecule has 4 rings (SSSR count). The van der Waals surface area contributed by atoms with Gasteiger partial charge in [-0.1, -0.05) is 36.4 Å². The molecule has 1 aliphatic rings. The van der Waals surface area contributed by atoms with Gasteiger partial charge < -0.3 is 4.74 Å². The Bertz CT molecular complexity index is 1230. The predicted molar refractivity (Wildman–Crippen MR) is 114 cm³/mol. The molecule has 1 aliphatic heterocycles. The number of fused-ring (bicyclic) bond motifs is 2. The maximum Gasteiger partial charge on any atom is 0.229 e.